The fourth-order valence-electron chi connectivity index (χ4n) is 3.85. The number of amides is 1. The van der Waals surface area contributed by atoms with E-state index in [2.05, 4.69) is 31.6 Å². The lowest BCUT2D eigenvalue weighted by Gasteiger charge is -2.33. The maximum absolute atomic E-state index is 12.5. The molecular weight excluding hydrogens is 364 g/mol. The highest BCUT2D eigenvalue weighted by atomic mass is 35.5. The summed E-state index contributed by atoms with van der Waals surface area (Å²) in [6.45, 7) is 4.36. The van der Waals surface area contributed by atoms with Crippen LogP contribution in [0.1, 0.15) is 54.4 Å². The quantitative estimate of drug-likeness (QED) is 0.871. The van der Waals surface area contributed by atoms with Gasteiger partial charge in [0.15, 0.2) is 11.5 Å². The zero-order chi connectivity index (χ0) is 18.8. The summed E-state index contributed by atoms with van der Waals surface area (Å²) in [7, 11) is 0. The van der Waals surface area contributed by atoms with E-state index in [1.54, 1.807) is 10.9 Å². The number of nitrogens with zero attached hydrogens (tertiary/aromatic N) is 5. The number of carbonyl (C=O) groups excluding carboxylic acids is 1. The molecule has 8 heteroatoms. The normalized spacial score (nSPS) is 17.6. The van der Waals surface area contributed by atoms with Crippen LogP contribution in [0.2, 0.25) is 5.02 Å². The number of hydrogen-bond donors (Lipinski definition) is 1. The van der Waals surface area contributed by atoms with Crippen molar-refractivity contribution in [2.75, 3.05) is 18.0 Å². The zero-order valence-corrected chi connectivity index (χ0v) is 16.4. The highest BCUT2D eigenvalue weighted by Gasteiger charge is 2.25. The molecule has 0 atom stereocenters. The van der Waals surface area contributed by atoms with Gasteiger partial charge in [-0.2, -0.15) is 10.2 Å². The number of aryl methyl sites for hydroxylation is 3. The van der Waals surface area contributed by atoms with Crippen molar-refractivity contribution in [1.29, 1.82) is 0 Å². The fourth-order valence-corrected chi connectivity index (χ4v) is 4.09. The molecule has 3 heterocycles. The van der Waals surface area contributed by atoms with Crippen LogP contribution in [0.15, 0.2) is 12.3 Å². The van der Waals surface area contributed by atoms with Gasteiger partial charge in [0.1, 0.15) is 0 Å². The molecule has 2 aliphatic rings. The number of aromatic nitrogens is 4. The summed E-state index contributed by atoms with van der Waals surface area (Å²) in [6.07, 6.45) is 8.04. The number of rotatable bonds is 4. The van der Waals surface area contributed by atoms with E-state index in [4.69, 9.17) is 11.6 Å². The Morgan fingerprint density at radius 2 is 2.04 bits per heavy atom. The molecule has 144 valence electrons. The molecule has 0 radical (unpaired) electrons. The Bertz CT molecular complexity index is 828. The van der Waals surface area contributed by atoms with Crippen LogP contribution in [0, 0.1) is 0 Å². The van der Waals surface area contributed by atoms with Crippen LogP contribution < -0.4 is 10.2 Å². The number of halogens is 1. The fraction of sp³-hybridized carbons (Fsp3) is 0.579. The second-order valence-corrected chi connectivity index (χ2v) is 7.70. The van der Waals surface area contributed by atoms with Crippen LogP contribution in [0.3, 0.4) is 0 Å². The maximum Gasteiger partial charge on any atom is 0.273 e. The van der Waals surface area contributed by atoms with Crippen molar-refractivity contribution in [3.05, 3.63) is 34.2 Å². The molecule has 1 aliphatic heterocycles. The topological polar surface area (TPSA) is 75.9 Å². The number of fused-ring (bicyclic) bond motifs is 1. The molecule has 1 amide bonds. The van der Waals surface area contributed by atoms with Crippen molar-refractivity contribution in [2.24, 2.45) is 0 Å². The summed E-state index contributed by atoms with van der Waals surface area (Å²) in [5.74, 6) is 0.768. The second-order valence-electron chi connectivity index (χ2n) is 7.30. The first kappa shape index (κ1) is 18.2. The van der Waals surface area contributed by atoms with E-state index < -0.39 is 0 Å². The predicted molar refractivity (Wildman–Crippen MR) is 104 cm³/mol. The minimum Gasteiger partial charge on any atom is -0.355 e. The lowest BCUT2D eigenvalue weighted by atomic mass is 9.96. The second kappa shape index (κ2) is 7.84. The predicted octanol–water partition coefficient (Wildman–Crippen LogP) is 2.62. The third-order valence-corrected chi connectivity index (χ3v) is 5.74. The Kier molecular flexibility index (Phi) is 5.29. The van der Waals surface area contributed by atoms with Gasteiger partial charge in [0.25, 0.3) is 5.91 Å². The van der Waals surface area contributed by atoms with Gasteiger partial charge in [0, 0.05) is 31.9 Å². The van der Waals surface area contributed by atoms with Gasteiger partial charge in [-0.25, -0.2) is 0 Å². The first-order valence-corrected chi connectivity index (χ1v) is 10.2. The summed E-state index contributed by atoms with van der Waals surface area (Å²) in [4.78, 5) is 14.7. The first-order chi connectivity index (χ1) is 13.1. The van der Waals surface area contributed by atoms with Gasteiger partial charge in [0.05, 0.1) is 10.7 Å². The lowest BCUT2D eigenvalue weighted by molar-refractivity contribution is 0.0925. The van der Waals surface area contributed by atoms with E-state index in [1.165, 1.54) is 18.4 Å². The summed E-state index contributed by atoms with van der Waals surface area (Å²) >= 11 is 6.13. The third-order valence-electron chi connectivity index (χ3n) is 5.47. The van der Waals surface area contributed by atoms with Crippen molar-refractivity contribution >= 4 is 23.3 Å². The molecular formula is C19H25ClN6O. The molecule has 0 saturated carbocycles. The molecule has 0 unspecified atom stereocenters. The minimum atomic E-state index is -0.195. The Morgan fingerprint density at radius 3 is 2.78 bits per heavy atom. The monoisotopic (exact) mass is 388 g/mol. The van der Waals surface area contributed by atoms with E-state index in [9.17, 15) is 4.79 Å². The standard InChI is InChI=1S/C19H25ClN6O/c1-2-26-12-15(20)18(24-26)19(27)21-14-7-9-25(10-8-14)17-11-13-5-3-4-6-16(13)22-23-17/h11-12,14H,2-10H2,1H3,(H,21,27). The van der Waals surface area contributed by atoms with Gasteiger partial charge in [-0.3, -0.25) is 9.48 Å². The molecule has 7 nitrogen and oxygen atoms in total. The summed E-state index contributed by atoms with van der Waals surface area (Å²) < 4.78 is 1.68. The summed E-state index contributed by atoms with van der Waals surface area (Å²) in [5, 5.41) is 16.6. The Labute approximate surface area is 164 Å². The average molecular weight is 389 g/mol. The number of carbonyl (C=O) groups is 1. The SMILES string of the molecule is CCn1cc(Cl)c(C(=O)NC2CCN(c3cc4c(nn3)CCCC4)CC2)n1. The summed E-state index contributed by atoms with van der Waals surface area (Å²) in [6, 6.07) is 2.33. The van der Waals surface area contributed by atoms with E-state index in [-0.39, 0.29) is 11.9 Å². The Balaban J connectivity index is 1.35. The Hall–Kier alpha value is -2.15. The Morgan fingerprint density at radius 1 is 1.26 bits per heavy atom. The molecule has 4 rings (SSSR count). The molecule has 1 fully saturated rings. The van der Waals surface area contributed by atoms with Gasteiger partial charge < -0.3 is 10.2 Å². The van der Waals surface area contributed by atoms with E-state index in [0.29, 0.717) is 17.3 Å². The zero-order valence-electron chi connectivity index (χ0n) is 15.6. The van der Waals surface area contributed by atoms with Gasteiger partial charge in [-0.15, -0.1) is 5.10 Å². The lowest BCUT2D eigenvalue weighted by Crippen LogP contribution is -2.45. The number of hydrogen-bond acceptors (Lipinski definition) is 5. The highest BCUT2D eigenvalue weighted by molar-refractivity contribution is 6.33. The molecule has 1 saturated heterocycles. The van der Waals surface area contributed by atoms with Crippen LogP contribution in [0.5, 0.6) is 0 Å². The van der Waals surface area contributed by atoms with Crippen LogP contribution >= 0.6 is 11.6 Å². The first-order valence-electron chi connectivity index (χ1n) is 9.78. The molecule has 0 bridgehead atoms. The van der Waals surface area contributed by atoms with E-state index >= 15 is 0 Å². The largest absolute Gasteiger partial charge is 0.355 e. The van der Waals surface area contributed by atoms with Gasteiger partial charge >= 0.3 is 0 Å². The van der Waals surface area contributed by atoms with Crippen molar-refractivity contribution in [1.82, 2.24) is 25.3 Å². The molecule has 2 aromatic heterocycles. The van der Waals surface area contributed by atoms with Crippen LogP contribution in [0.4, 0.5) is 5.82 Å². The van der Waals surface area contributed by atoms with E-state index in [1.807, 2.05) is 6.92 Å². The molecule has 2 aromatic rings. The minimum absolute atomic E-state index is 0.127. The molecule has 27 heavy (non-hydrogen) atoms. The smallest absolute Gasteiger partial charge is 0.273 e. The maximum atomic E-state index is 12.5. The third kappa shape index (κ3) is 3.93. The van der Waals surface area contributed by atoms with Crippen molar-refractivity contribution in [2.45, 2.75) is 58.0 Å². The van der Waals surface area contributed by atoms with Crippen molar-refractivity contribution < 1.29 is 4.79 Å². The van der Waals surface area contributed by atoms with Crippen LogP contribution in [-0.4, -0.2) is 45.0 Å². The van der Waals surface area contributed by atoms with E-state index in [0.717, 1.165) is 50.3 Å². The van der Waals surface area contributed by atoms with Gasteiger partial charge in [0.2, 0.25) is 0 Å². The highest BCUT2D eigenvalue weighted by Crippen LogP contribution is 2.24. The average Bonchev–Trinajstić information content (AvgIpc) is 3.09. The van der Waals surface area contributed by atoms with Gasteiger partial charge in [-0.05, 0) is 57.1 Å². The number of piperidine rings is 1. The van der Waals surface area contributed by atoms with Crippen molar-refractivity contribution in [3.63, 3.8) is 0 Å². The summed E-state index contributed by atoms with van der Waals surface area (Å²) in [5.41, 5.74) is 2.82. The number of nitrogens with one attached hydrogen (secondary N) is 1. The van der Waals surface area contributed by atoms with Crippen LogP contribution in [-0.2, 0) is 19.4 Å². The molecule has 0 spiro atoms. The molecule has 1 N–H and O–H groups in total. The van der Waals surface area contributed by atoms with Crippen LogP contribution in [0.25, 0.3) is 0 Å². The van der Waals surface area contributed by atoms with Crippen molar-refractivity contribution in [3.8, 4) is 0 Å². The molecule has 1 aliphatic carbocycles. The molecule has 0 aromatic carbocycles. The number of anilines is 1. The van der Waals surface area contributed by atoms with Gasteiger partial charge in [-0.1, -0.05) is 11.6 Å².